The van der Waals surface area contributed by atoms with Crippen molar-refractivity contribution in [1.29, 1.82) is 0 Å². The quantitative estimate of drug-likeness (QED) is 0.161. The number of carboxylic acid groups (broad SMARTS) is 1. The molecule has 12 heteroatoms. The van der Waals surface area contributed by atoms with Crippen molar-refractivity contribution in [2.45, 2.75) is 11.8 Å². The van der Waals surface area contributed by atoms with Crippen molar-refractivity contribution < 1.29 is 23.2 Å². The van der Waals surface area contributed by atoms with E-state index < -0.39 is 31.5 Å². The maximum absolute atomic E-state index is 13.2. The van der Waals surface area contributed by atoms with E-state index in [0.717, 1.165) is 34.3 Å². The molecule has 4 N–H and O–H groups in total. The molecule has 35 heavy (non-hydrogen) atoms. The summed E-state index contributed by atoms with van der Waals surface area (Å²) in [6.07, 6.45) is 1.51. The van der Waals surface area contributed by atoms with Gasteiger partial charge in [-0.1, -0.05) is 30.3 Å². The molecule has 0 saturated carbocycles. The number of hydrogen-bond acceptors (Lipinski definition) is 7. The molecule has 0 unspecified atom stereocenters. The number of aryl methyl sites for hydroxylation is 1. The van der Waals surface area contributed by atoms with Crippen LogP contribution < -0.4 is 10.1 Å². The number of non-ortho nitro benzene ring substituents is 1. The van der Waals surface area contributed by atoms with Crippen LogP contribution in [0.15, 0.2) is 76.7 Å². The summed E-state index contributed by atoms with van der Waals surface area (Å²) < 4.78 is 28.5. The minimum atomic E-state index is -4.44. The van der Waals surface area contributed by atoms with Crippen molar-refractivity contribution in [2.75, 3.05) is 10.1 Å². The fourth-order valence-electron chi connectivity index (χ4n) is 3.53. The van der Waals surface area contributed by atoms with Crippen LogP contribution in [0.5, 0.6) is 0 Å². The van der Waals surface area contributed by atoms with Gasteiger partial charge in [0.1, 0.15) is 4.90 Å². The molecule has 0 atom stereocenters. The number of hydrazone groups is 1. The van der Waals surface area contributed by atoms with Crippen LogP contribution in [0.25, 0.3) is 10.9 Å². The third-order valence-corrected chi connectivity index (χ3v) is 6.59. The lowest BCUT2D eigenvalue weighted by atomic mass is 10.1. The first-order valence-electron chi connectivity index (χ1n) is 10.2. The fraction of sp³-hybridized carbons (Fsp3) is 0.0435. The van der Waals surface area contributed by atoms with Gasteiger partial charge in [-0.25, -0.2) is 13.2 Å². The van der Waals surface area contributed by atoms with Gasteiger partial charge in [0.15, 0.2) is 0 Å². The SMILES string of the molecule is Cc1[nH]c2ccccc2c1C=NNc1ccc([N+](=O)[O-])cc1S(=O)(=O)Nc1ccccc1C(=O)O. The van der Waals surface area contributed by atoms with E-state index in [0.29, 0.717) is 0 Å². The van der Waals surface area contributed by atoms with E-state index >= 15 is 0 Å². The molecule has 4 aromatic rings. The van der Waals surface area contributed by atoms with E-state index in [-0.39, 0.29) is 16.9 Å². The number of aromatic nitrogens is 1. The highest BCUT2D eigenvalue weighted by molar-refractivity contribution is 7.93. The number of aromatic amines is 1. The maximum Gasteiger partial charge on any atom is 0.337 e. The van der Waals surface area contributed by atoms with E-state index in [2.05, 4.69) is 20.2 Å². The Labute approximate surface area is 199 Å². The predicted molar refractivity (Wildman–Crippen MR) is 132 cm³/mol. The first kappa shape index (κ1) is 23.4. The molecule has 11 nitrogen and oxygen atoms in total. The van der Waals surface area contributed by atoms with E-state index in [1.807, 2.05) is 31.2 Å². The van der Waals surface area contributed by atoms with Crippen LogP contribution in [0.2, 0.25) is 0 Å². The van der Waals surface area contributed by atoms with Crippen LogP contribution >= 0.6 is 0 Å². The third kappa shape index (κ3) is 4.82. The lowest BCUT2D eigenvalue weighted by Crippen LogP contribution is -2.17. The van der Waals surface area contributed by atoms with Crippen molar-refractivity contribution >= 4 is 50.2 Å². The summed E-state index contributed by atoms with van der Waals surface area (Å²) >= 11 is 0. The van der Waals surface area contributed by atoms with Crippen molar-refractivity contribution in [2.24, 2.45) is 5.10 Å². The molecule has 0 saturated heterocycles. The number of hydrogen-bond donors (Lipinski definition) is 4. The van der Waals surface area contributed by atoms with Gasteiger partial charge in [0.2, 0.25) is 0 Å². The number of carboxylic acids is 1. The number of nitrogens with zero attached hydrogens (tertiary/aromatic N) is 2. The molecule has 0 aliphatic heterocycles. The molecule has 0 radical (unpaired) electrons. The lowest BCUT2D eigenvalue weighted by Gasteiger charge is -2.13. The van der Waals surface area contributed by atoms with Crippen LogP contribution in [0.1, 0.15) is 21.6 Å². The van der Waals surface area contributed by atoms with Gasteiger partial charge < -0.3 is 10.1 Å². The normalized spacial score (nSPS) is 11.6. The van der Waals surface area contributed by atoms with Crippen molar-refractivity contribution in [3.63, 3.8) is 0 Å². The predicted octanol–water partition coefficient (Wildman–Crippen LogP) is 4.33. The molecule has 0 fully saturated rings. The zero-order chi connectivity index (χ0) is 25.2. The van der Waals surface area contributed by atoms with Gasteiger partial charge in [-0.15, -0.1) is 0 Å². The van der Waals surface area contributed by atoms with Crippen LogP contribution in [-0.2, 0) is 10.0 Å². The van der Waals surface area contributed by atoms with Crippen molar-refractivity contribution in [3.05, 3.63) is 93.7 Å². The molecule has 4 rings (SSSR count). The standard InChI is InChI=1S/C23H19N5O6S/c1-14-18(16-6-2-4-8-19(16)25-14)13-24-26-21-11-10-15(28(31)32)12-22(21)35(33,34)27-20-9-5-3-7-17(20)23(29)30/h2-13,25-27H,1H3,(H,29,30). The Bertz CT molecular complexity index is 1590. The number of nitrogens with one attached hydrogen (secondary N) is 3. The number of nitro benzene ring substituents is 1. The number of rotatable bonds is 8. The molecular formula is C23H19N5O6S. The third-order valence-electron chi connectivity index (χ3n) is 5.19. The van der Waals surface area contributed by atoms with Crippen LogP contribution in [-0.4, -0.2) is 35.6 Å². The highest BCUT2D eigenvalue weighted by atomic mass is 32.2. The number of benzene rings is 3. The Kier molecular flexibility index (Phi) is 6.21. The molecule has 0 aliphatic rings. The number of carbonyl (C=O) groups is 1. The van der Waals surface area contributed by atoms with Gasteiger partial charge in [0.25, 0.3) is 15.7 Å². The number of H-pyrrole nitrogens is 1. The molecule has 178 valence electrons. The monoisotopic (exact) mass is 493 g/mol. The summed E-state index contributed by atoms with van der Waals surface area (Å²) in [5.74, 6) is -1.33. The highest BCUT2D eigenvalue weighted by Gasteiger charge is 2.24. The second-order valence-electron chi connectivity index (χ2n) is 7.47. The minimum Gasteiger partial charge on any atom is -0.478 e. The number of para-hydroxylation sites is 2. The largest absolute Gasteiger partial charge is 0.478 e. The second kappa shape index (κ2) is 9.27. The smallest absolute Gasteiger partial charge is 0.337 e. The highest BCUT2D eigenvalue weighted by Crippen LogP contribution is 2.29. The lowest BCUT2D eigenvalue weighted by molar-refractivity contribution is -0.385. The zero-order valence-electron chi connectivity index (χ0n) is 18.2. The second-order valence-corrected chi connectivity index (χ2v) is 9.12. The molecule has 1 aromatic heterocycles. The average molecular weight is 494 g/mol. The van der Waals surface area contributed by atoms with Crippen LogP contribution in [0, 0.1) is 17.0 Å². The molecule has 0 bridgehead atoms. The Morgan fingerprint density at radius 3 is 2.54 bits per heavy atom. The van der Waals surface area contributed by atoms with Gasteiger partial charge in [-0.05, 0) is 31.2 Å². The van der Waals surface area contributed by atoms with Crippen LogP contribution in [0.4, 0.5) is 17.1 Å². The molecule has 3 aromatic carbocycles. The molecular weight excluding hydrogens is 474 g/mol. The van der Waals surface area contributed by atoms with Crippen LogP contribution in [0.3, 0.4) is 0 Å². The maximum atomic E-state index is 13.2. The Morgan fingerprint density at radius 2 is 1.80 bits per heavy atom. The van der Waals surface area contributed by atoms with Crippen molar-refractivity contribution in [1.82, 2.24) is 4.98 Å². The number of anilines is 2. The van der Waals surface area contributed by atoms with E-state index in [1.165, 1.54) is 36.5 Å². The summed E-state index contributed by atoms with van der Waals surface area (Å²) in [4.78, 5) is 24.8. The minimum absolute atomic E-state index is 0.0374. The molecule has 0 aliphatic carbocycles. The average Bonchev–Trinajstić information content (AvgIpc) is 3.14. The van der Waals surface area contributed by atoms with Gasteiger partial charge >= 0.3 is 5.97 Å². The Balaban J connectivity index is 1.71. The molecule has 0 amide bonds. The summed E-state index contributed by atoms with van der Waals surface area (Å²) in [6.45, 7) is 1.87. The van der Waals surface area contributed by atoms with Gasteiger partial charge in [-0.3, -0.25) is 20.3 Å². The first-order chi connectivity index (χ1) is 16.7. The Morgan fingerprint density at radius 1 is 1.09 bits per heavy atom. The number of nitro groups is 1. The van der Waals surface area contributed by atoms with Gasteiger partial charge in [-0.2, -0.15) is 5.10 Å². The topological polar surface area (TPSA) is 167 Å². The van der Waals surface area contributed by atoms with Crippen molar-refractivity contribution in [3.8, 4) is 0 Å². The number of fused-ring (bicyclic) bond motifs is 1. The van der Waals surface area contributed by atoms with Gasteiger partial charge in [0, 0.05) is 34.3 Å². The summed E-state index contributed by atoms with van der Waals surface area (Å²) in [5, 5.41) is 25.7. The molecule has 0 spiro atoms. The fourth-order valence-corrected chi connectivity index (χ4v) is 4.79. The Hall–Kier alpha value is -4.71. The number of aromatic carboxylic acids is 1. The summed E-state index contributed by atoms with van der Waals surface area (Å²) in [6, 6.07) is 16.2. The zero-order valence-corrected chi connectivity index (χ0v) is 19.0. The number of sulfonamides is 1. The first-order valence-corrected chi connectivity index (χ1v) is 11.7. The molecule has 1 heterocycles. The van der Waals surface area contributed by atoms with Gasteiger partial charge in [0.05, 0.1) is 28.1 Å². The summed E-state index contributed by atoms with van der Waals surface area (Å²) in [7, 11) is -4.44. The van der Waals surface area contributed by atoms with E-state index in [1.54, 1.807) is 0 Å². The van der Waals surface area contributed by atoms with E-state index in [9.17, 15) is 28.4 Å². The van der Waals surface area contributed by atoms with E-state index in [4.69, 9.17) is 0 Å². The summed E-state index contributed by atoms with van der Waals surface area (Å²) in [5.41, 5.74) is 4.22.